The number of hydrogen-bond donors (Lipinski definition) is 2. The summed E-state index contributed by atoms with van der Waals surface area (Å²) in [6, 6.07) is 43.2. The molecule has 0 atom stereocenters. The van der Waals surface area contributed by atoms with Crippen LogP contribution < -0.4 is 0 Å². The van der Waals surface area contributed by atoms with Gasteiger partial charge in [0.15, 0.2) is 0 Å². The zero-order chi connectivity index (χ0) is 69.3. The van der Waals surface area contributed by atoms with Crippen molar-refractivity contribution in [1.82, 2.24) is 19.9 Å². The van der Waals surface area contributed by atoms with Crippen LogP contribution in [0.1, 0.15) is 72.7 Å². The van der Waals surface area contributed by atoms with E-state index in [4.69, 9.17) is 28.9 Å². The zero-order valence-corrected chi connectivity index (χ0v) is 58.1. The van der Waals surface area contributed by atoms with Gasteiger partial charge in [-0.1, -0.05) is 123 Å². The van der Waals surface area contributed by atoms with Crippen LogP contribution in [0.4, 0.5) is 0 Å². The van der Waals surface area contributed by atoms with Crippen LogP contribution in [0.25, 0.3) is 90.9 Å². The first-order valence-electron chi connectivity index (χ1n) is 32.5. The van der Waals surface area contributed by atoms with E-state index in [0.29, 0.717) is 92.6 Å². The second kappa shape index (κ2) is 29.8. The van der Waals surface area contributed by atoms with Gasteiger partial charge in [-0.25, -0.2) is 29.1 Å². The van der Waals surface area contributed by atoms with E-state index in [1.807, 2.05) is 0 Å². The number of H-pyrrole nitrogens is 2. The van der Waals surface area contributed by atoms with Crippen molar-refractivity contribution >= 4 is 70.2 Å². The first kappa shape index (κ1) is 70.5. The summed E-state index contributed by atoms with van der Waals surface area (Å²) in [5.74, 6) is -1.55. The number of aromatic nitrogens is 4. The molecule has 2 aliphatic heterocycles. The topological polar surface area (TPSA) is 163 Å². The number of rotatable bonds is 28. The molecule has 2 aliphatic rings. The Morgan fingerprint density at radius 3 is 0.688 bits per heavy atom. The van der Waals surface area contributed by atoms with Gasteiger partial charge in [0, 0.05) is 88.9 Å². The lowest BCUT2D eigenvalue weighted by Gasteiger charge is -2.29. The van der Waals surface area contributed by atoms with Gasteiger partial charge in [-0.3, -0.25) is 0 Å². The molecule has 2 N–H and O–H groups in total. The molecule has 8 bridgehead atoms. The van der Waals surface area contributed by atoms with Gasteiger partial charge in [-0.05, 0) is 98.5 Å². The van der Waals surface area contributed by atoms with Crippen molar-refractivity contribution in [2.24, 2.45) is 0 Å². The third-order valence-electron chi connectivity index (χ3n) is 17.3. The molecule has 3 aromatic heterocycles. The Kier molecular flexibility index (Phi) is 21.9. The molecule has 5 heterocycles. The summed E-state index contributed by atoms with van der Waals surface area (Å²) in [7, 11) is 17.0. The van der Waals surface area contributed by atoms with Gasteiger partial charge < -0.3 is 46.8 Å². The highest BCUT2D eigenvalue weighted by Gasteiger charge is 2.25. The second-order valence-corrected chi connectivity index (χ2v) is 28.2. The van der Waals surface area contributed by atoms with Crippen molar-refractivity contribution in [2.45, 2.75) is 53.9 Å². The number of hydrogen-bond acceptors (Lipinski definition) is 10. The van der Waals surface area contributed by atoms with Gasteiger partial charge in [0.05, 0.1) is 79.2 Å². The van der Waals surface area contributed by atoms with Gasteiger partial charge in [0.25, 0.3) is 0 Å². The number of carbonyl (C=O) groups excluding carboxylic acids is 4. The van der Waals surface area contributed by atoms with E-state index in [0.717, 1.165) is 112 Å². The maximum absolute atomic E-state index is 12.3. The normalized spacial score (nSPS) is 12.3. The van der Waals surface area contributed by atoms with E-state index < -0.39 is 0 Å². The van der Waals surface area contributed by atoms with Crippen LogP contribution in [0.15, 0.2) is 170 Å². The number of nitrogens with one attached hydrogen (secondary N) is 2. The molecule has 4 aromatic carbocycles. The number of ether oxygens (including phenoxy) is 4. The number of carbonyl (C=O) groups is 4. The van der Waals surface area contributed by atoms with Crippen LogP contribution in [0, 0.1) is 0 Å². The monoisotopic (exact) mass is 1290 g/mol. The highest BCUT2D eigenvalue weighted by molar-refractivity contribution is 6.00. The van der Waals surface area contributed by atoms with Crippen molar-refractivity contribution in [1.29, 1.82) is 0 Å². The van der Waals surface area contributed by atoms with E-state index in [-0.39, 0.29) is 50.3 Å². The molecule has 0 spiro atoms. The van der Waals surface area contributed by atoms with Crippen molar-refractivity contribution in [3.63, 3.8) is 0 Å². The van der Waals surface area contributed by atoms with Crippen LogP contribution >= 0.6 is 0 Å². The number of likely N-dealkylation sites (N-methyl/N-ethyl adjacent to an activating group) is 4. The minimum absolute atomic E-state index is 0.279. The van der Waals surface area contributed by atoms with Crippen LogP contribution in [-0.2, 0) is 64.3 Å². The van der Waals surface area contributed by atoms with Gasteiger partial charge in [0.2, 0.25) is 0 Å². The average Bonchev–Trinajstić information content (AvgIpc) is 1.61. The molecule has 0 radical (unpaired) electrons. The first-order valence-corrected chi connectivity index (χ1v) is 32.5. The molecule has 0 fully saturated rings. The quantitative estimate of drug-likeness (QED) is 0.0209. The fourth-order valence-electron chi connectivity index (χ4n) is 11.9. The van der Waals surface area contributed by atoms with Crippen LogP contribution in [0.3, 0.4) is 0 Å². The Morgan fingerprint density at radius 1 is 0.323 bits per heavy atom. The maximum Gasteiger partial charge on any atom is 0.333 e. The molecule has 9 rings (SSSR count). The number of benzene rings is 4. The molecule has 0 amide bonds. The molecule has 16 heteroatoms. The van der Waals surface area contributed by atoms with Crippen LogP contribution in [0.5, 0.6) is 0 Å². The van der Waals surface area contributed by atoms with Gasteiger partial charge in [-0.15, -0.1) is 0 Å². The van der Waals surface area contributed by atoms with Gasteiger partial charge in [-0.2, -0.15) is 0 Å². The number of fused-ring (bicyclic) bond motifs is 8. The number of aromatic amines is 2. The van der Waals surface area contributed by atoms with Crippen LogP contribution in [-0.4, -0.2) is 171 Å². The molecule has 7 aromatic rings. The van der Waals surface area contributed by atoms with Crippen LogP contribution in [0.2, 0.25) is 0 Å². The van der Waals surface area contributed by atoms with Crippen molar-refractivity contribution in [3.05, 3.63) is 215 Å². The third-order valence-corrected chi connectivity index (χ3v) is 17.3. The molecule has 0 unspecified atom stereocenters. The number of nitrogens with zero attached hydrogens (tertiary/aromatic N) is 6. The minimum atomic E-state index is -0.387. The summed E-state index contributed by atoms with van der Waals surface area (Å²) >= 11 is 0. The molecule has 0 saturated heterocycles. The molecule has 0 saturated carbocycles. The average molecular weight is 1300 g/mol. The largest absolute Gasteiger partial charge is 0.456 e. The summed E-state index contributed by atoms with van der Waals surface area (Å²) < 4.78 is 24.4. The second-order valence-electron chi connectivity index (χ2n) is 28.2. The minimum Gasteiger partial charge on any atom is -0.456 e. The highest BCUT2D eigenvalue weighted by Crippen LogP contribution is 2.39. The van der Waals surface area contributed by atoms with E-state index in [1.54, 1.807) is 27.7 Å². The Balaban J connectivity index is 1.22. The van der Waals surface area contributed by atoms with E-state index >= 15 is 0 Å². The lowest BCUT2D eigenvalue weighted by atomic mass is 10.0. The molecule has 0 aliphatic carbocycles. The summed E-state index contributed by atoms with van der Waals surface area (Å²) in [6.45, 7) is 28.0. The summed E-state index contributed by atoms with van der Waals surface area (Å²) in [5.41, 5.74) is 20.1. The lowest BCUT2D eigenvalue weighted by molar-refractivity contribution is -0.903. The first-order chi connectivity index (χ1) is 45.4. The standard InChI is InChI=1S/C80H94N8O8/c1-53(2)77(89)93-45-41-85(9,10)49-57-17-25-61(26-18-57)73-65-33-35-67(81-65)74(62-27-19-58(20-28-62)50-86(11,12)42-46-94-78(90)54(3)4)69-37-39-71(83-69)76(64-31-23-60(24-32-64)52-88(15,16)44-48-96-80(92)56(7)8)72-40-38-70(84-72)75(68-36-34-66(73)82-68)63-29-21-59(22-30-63)51-87(13,14)43-47-95-79(91)55(5)6/h17-40,81,84H,1,3,5,7,41-52H2,2,4,6,8-16H3/q+4. The summed E-state index contributed by atoms with van der Waals surface area (Å²) in [6.07, 6.45) is 8.42. The Labute approximate surface area is 565 Å². The SMILES string of the molecule is C=C(C)C(=O)OCC[N+](C)(C)Cc1ccc(-c2c3nc(c(-c4ccc(C[N+](C)(C)CCOC(=O)C(=C)C)cc4)c4ccc([nH]4)c(-c4ccc(C[N+](C)(C)CCOC(=O)C(=C)C)cc4)c4nc(c(-c5ccc(C[N+](C)(C)CCOC(=O)C(=C)C)cc5)c5ccc2[nH]5)C=C4)C=C3)cc1. The fourth-order valence-corrected chi connectivity index (χ4v) is 11.9. The smallest absolute Gasteiger partial charge is 0.333 e. The lowest BCUT2D eigenvalue weighted by Crippen LogP contribution is -2.41. The van der Waals surface area contributed by atoms with E-state index in [9.17, 15) is 19.2 Å². The van der Waals surface area contributed by atoms with Gasteiger partial charge in [0.1, 0.15) is 78.8 Å². The third kappa shape index (κ3) is 18.3. The number of esters is 4. The van der Waals surface area contributed by atoms with Crippen molar-refractivity contribution in [3.8, 4) is 44.5 Å². The molecular formula is C80H94N8O8+4. The summed E-state index contributed by atoms with van der Waals surface area (Å²) in [5, 5.41) is 0. The highest BCUT2D eigenvalue weighted by atomic mass is 16.5. The predicted octanol–water partition coefficient (Wildman–Crippen LogP) is 14.1. The maximum atomic E-state index is 12.3. The fraction of sp³-hybridized carbons (Fsp3) is 0.300. The Bertz CT molecular complexity index is 3820. The molecule has 16 nitrogen and oxygen atoms in total. The zero-order valence-electron chi connectivity index (χ0n) is 58.1. The number of quaternary nitrogens is 4. The van der Waals surface area contributed by atoms with Crippen molar-refractivity contribution in [2.75, 3.05) is 109 Å². The van der Waals surface area contributed by atoms with Gasteiger partial charge >= 0.3 is 23.9 Å². The molecule has 498 valence electrons. The van der Waals surface area contributed by atoms with Crippen molar-refractivity contribution < 1.29 is 56.1 Å². The molecular weight excluding hydrogens is 1200 g/mol. The summed E-state index contributed by atoms with van der Waals surface area (Å²) in [4.78, 5) is 68.1. The predicted molar refractivity (Wildman–Crippen MR) is 386 cm³/mol. The van der Waals surface area contributed by atoms with E-state index in [1.165, 1.54) is 0 Å². The Hall–Kier alpha value is -9.84. The molecule has 96 heavy (non-hydrogen) atoms. The Morgan fingerprint density at radius 2 is 0.510 bits per heavy atom. The van der Waals surface area contributed by atoms with E-state index in [2.05, 4.69) is 238 Å².